The van der Waals surface area contributed by atoms with Crippen LogP contribution in [-0.4, -0.2) is 82.1 Å². The van der Waals surface area contributed by atoms with Gasteiger partial charge in [0.15, 0.2) is 6.61 Å². The number of esters is 1. The first-order valence-corrected chi connectivity index (χ1v) is 11.2. The Balaban J connectivity index is 1.68. The first-order valence-electron chi connectivity index (χ1n) is 9.33. The average Bonchev–Trinajstić information content (AvgIpc) is 2.72. The van der Waals surface area contributed by atoms with Crippen molar-refractivity contribution < 1.29 is 32.3 Å². The molecule has 10 nitrogen and oxygen atoms in total. The molecule has 0 aromatic heterocycles. The maximum absolute atomic E-state index is 12.1. The van der Waals surface area contributed by atoms with Crippen LogP contribution < -0.4 is 4.72 Å². The first-order chi connectivity index (χ1) is 14.2. The largest absolute Gasteiger partial charge is 0.456 e. The lowest BCUT2D eigenvalue weighted by atomic mass is 10.3. The minimum Gasteiger partial charge on any atom is -0.456 e. The van der Waals surface area contributed by atoms with Crippen molar-refractivity contribution in [3.05, 3.63) is 29.3 Å². The molecule has 0 atom stereocenters. The first kappa shape index (κ1) is 23.9. The fourth-order valence-corrected chi connectivity index (χ4v) is 4.00. The predicted molar refractivity (Wildman–Crippen MR) is 107 cm³/mol. The van der Waals surface area contributed by atoms with Crippen LogP contribution in [0.3, 0.4) is 0 Å². The van der Waals surface area contributed by atoms with E-state index in [0.29, 0.717) is 26.2 Å². The number of piperazine rings is 1. The number of hydrogen-bond donors (Lipinski definition) is 1. The number of ether oxygens (including phenoxy) is 2. The Morgan fingerprint density at radius 3 is 2.40 bits per heavy atom. The Morgan fingerprint density at radius 2 is 1.77 bits per heavy atom. The third-order valence-electron chi connectivity index (χ3n) is 4.24. The number of sulfonamides is 1. The van der Waals surface area contributed by atoms with Gasteiger partial charge in [-0.1, -0.05) is 17.7 Å². The SMILES string of the molecule is CCOC(=O)N1CCN(C(=O)COC(=O)CCNS(=O)(=O)c2cccc(Cl)c2)CC1. The van der Waals surface area contributed by atoms with Crippen LogP contribution in [0.15, 0.2) is 29.2 Å². The summed E-state index contributed by atoms with van der Waals surface area (Å²) in [4.78, 5) is 38.6. The maximum Gasteiger partial charge on any atom is 0.409 e. The van der Waals surface area contributed by atoms with Gasteiger partial charge < -0.3 is 19.3 Å². The lowest BCUT2D eigenvalue weighted by Gasteiger charge is -2.33. The van der Waals surface area contributed by atoms with Crippen LogP contribution in [0.4, 0.5) is 4.79 Å². The highest BCUT2D eigenvalue weighted by Crippen LogP contribution is 2.15. The molecule has 0 saturated carbocycles. The molecule has 166 valence electrons. The van der Waals surface area contributed by atoms with Crippen molar-refractivity contribution in [2.24, 2.45) is 0 Å². The molecule has 30 heavy (non-hydrogen) atoms. The molecule has 0 unspecified atom stereocenters. The standard InChI is InChI=1S/C18H24ClN3O7S/c1-2-28-18(25)22-10-8-21(9-11-22)16(23)13-29-17(24)6-7-20-30(26,27)15-5-3-4-14(19)12-15/h3-5,12,20H,2,6-11,13H2,1H3. The lowest BCUT2D eigenvalue weighted by Crippen LogP contribution is -2.51. The summed E-state index contributed by atoms with van der Waals surface area (Å²) in [6, 6.07) is 5.73. The topological polar surface area (TPSA) is 122 Å². The quantitative estimate of drug-likeness (QED) is 0.569. The molecule has 1 aromatic rings. The molecule has 1 fully saturated rings. The molecule has 1 aliphatic rings. The van der Waals surface area contributed by atoms with Crippen LogP contribution in [0.1, 0.15) is 13.3 Å². The van der Waals surface area contributed by atoms with Gasteiger partial charge in [-0.25, -0.2) is 17.9 Å². The molecule has 12 heteroatoms. The molecule has 0 spiro atoms. The van der Waals surface area contributed by atoms with Gasteiger partial charge in [0.05, 0.1) is 17.9 Å². The van der Waals surface area contributed by atoms with Crippen LogP contribution in [0.25, 0.3) is 0 Å². The third-order valence-corrected chi connectivity index (χ3v) is 5.94. The Bertz CT molecular complexity index is 870. The summed E-state index contributed by atoms with van der Waals surface area (Å²) in [6.45, 7) is 2.67. The highest BCUT2D eigenvalue weighted by Gasteiger charge is 2.25. The van der Waals surface area contributed by atoms with E-state index in [2.05, 4.69) is 4.72 Å². The van der Waals surface area contributed by atoms with Crippen molar-refractivity contribution in [2.75, 3.05) is 45.9 Å². The molecular formula is C18H24ClN3O7S. The highest BCUT2D eigenvalue weighted by atomic mass is 35.5. The van der Waals surface area contributed by atoms with Gasteiger partial charge >= 0.3 is 12.1 Å². The molecule has 1 N–H and O–H groups in total. The second kappa shape index (κ2) is 11.1. The molecule has 1 heterocycles. The van der Waals surface area contributed by atoms with Crippen molar-refractivity contribution in [1.29, 1.82) is 0 Å². The van der Waals surface area contributed by atoms with E-state index in [4.69, 9.17) is 21.1 Å². The predicted octanol–water partition coefficient (Wildman–Crippen LogP) is 0.852. The van der Waals surface area contributed by atoms with E-state index in [9.17, 15) is 22.8 Å². The molecule has 2 rings (SSSR count). The zero-order chi connectivity index (χ0) is 22.1. The molecular weight excluding hydrogens is 438 g/mol. The van der Waals surface area contributed by atoms with Crippen LogP contribution in [0.2, 0.25) is 5.02 Å². The van der Waals surface area contributed by atoms with E-state index in [0.717, 1.165) is 0 Å². The van der Waals surface area contributed by atoms with Crippen molar-refractivity contribution in [1.82, 2.24) is 14.5 Å². The smallest absolute Gasteiger partial charge is 0.409 e. The molecule has 1 aliphatic heterocycles. The van der Waals surface area contributed by atoms with E-state index < -0.39 is 28.7 Å². The van der Waals surface area contributed by atoms with Crippen LogP contribution in [0, 0.1) is 0 Å². The van der Waals surface area contributed by atoms with Gasteiger partial charge in [0, 0.05) is 37.7 Å². The molecule has 0 aliphatic carbocycles. The van der Waals surface area contributed by atoms with Crippen LogP contribution >= 0.6 is 11.6 Å². The van der Waals surface area contributed by atoms with Gasteiger partial charge in [0.2, 0.25) is 10.0 Å². The van der Waals surface area contributed by atoms with Gasteiger partial charge in [-0.2, -0.15) is 0 Å². The molecule has 0 radical (unpaired) electrons. The number of halogens is 1. The normalized spacial score (nSPS) is 14.3. The summed E-state index contributed by atoms with van der Waals surface area (Å²) >= 11 is 5.78. The fraction of sp³-hybridized carbons (Fsp3) is 0.500. The monoisotopic (exact) mass is 461 g/mol. The van der Waals surface area contributed by atoms with Crippen LogP contribution in [-0.2, 0) is 29.1 Å². The zero-order valence-electron chi connectivity index (χ0n) is 16.5. The highest BCUT2D eigenvalue weighted by molar-refractivity contribution is 7.89. The van der Waals surface area contributed by atoms with E-state index in [1.807, 2.05) is 0 Å². The Labute approximate surface area is 180 Å². The number of amides is 2. The average molecular weight is 462 g/mol. The number of nitrogens with zero attached hydrogens (tertiary/aromatic N) is 2. The Morgan fingerprint density at radius 1 is 1.10 bits per heavy atom. The fourth-order valence-electron chi connectivity index (χ4n) is 2.66. The van der Waals surface area contributed by atoms with E-state index >= 15 is 0 Å². The summed E-state index contributed by atoms with van der Waals surface area (Å²) in [5, 5.41) is 0.277. The number of hydrogen-bond acceptors (Lipinski definition) is 7. The molecule has 1 aromatic carbocycles. The van der Waals surface area contributed by atoms with Gasteiger partial charge in [-0.05, 0) is 25.1 Å². The van der Waals surface area contributed by atoms with Gasteiger partial charge in [-0.3, -0.25) is 9.59 Å². The number of carbonyl (C=O) groups excluding carboxylic acids is 3. The van der Waals surface area contributed by atoms with E-state index in [1.54, 1.807) is 13.0 Å². The van der Waals surface area contributed by atoms with E-state index in [1.165, 1.54) is 28.0 Å². The van der Waals surface area contributed by atoms with Gasteiger partial charge in [0.1, 0.15) is 0 Å². The summed E-state index contributed by atoms with van der Waals surface area (Å²) < 4.78 is 36.4. The maximum atomic E-state index is 12.1. The second-order valence-corrected chi connectivity index (χ2v) is 8.54. The van der Waals surface area contributed by atoms with Crippen LogP contribution in [0.5, 0.6) is 0 Å². The second-order valence-electron chi connectivity index (χ2n) is 6.33. The number of rotatable bonds is 8. The summed E-state index contributed by atoms with van der Waals surface area (Å²) in [5.74, 6) is -1.09. The number of nitrogens with one attached hydrogen (secondary N) is 1. The van der Waals surface area contributed by atoms with Crippen molar-refractivity contribution in [2.45, 2.75) is 18.2 Å². The van der Waals surface area contributed by atoms with Gasteiger partial charge in [-0.15, -0.1) is 0 Å². The Hall–Kier alpha value is -2.37. The molecule has 0 bridgehead atoms. The minimum atomic E-state index is -3.80. The van der Waals surface area contributed by atoms with Gasteiger partial charge in [0.25, 0.3) is 5.91 Å². The summed E-state index contributed by atoms with van der Waals surface area (Å²) in [7, 11) is -3.80. The third kappa shape index (κ3) is 7.15. The number of benzene rings is 1. The zero-order valence-corrected chi connectivity index (χ0v) is 18.1. The Kier molecular flexibility index (Phi) is 8.88. The summed E-state index contributed by atoms with van der Waals surface area (Å²) in [5.41, 5.74) is 0. The molecule has 2 amide bonds. The van der Waals surface area contributed by atoms with Crippen molar-refractivity contribution >= 4 is 39.6 Å². The van der Waals surface area contributed by atoms with Crippen molar-refractivity contribution in [3.63, 3.8) is 0 Å². The van der Waals surface area contributed by atoms with Crippen molar-refractivity contribution in [3.8, 4) is 0 Å². The minimum absolute atomic E-state index is 0.0134. The molecule has 1 saturated heterocycles. The lowest BCUT2D eigenvalue weighted by molar-refractivity contribution is -0.152. The summed E-state index contributed by atoms with van der Waals surface area (Å²) in [6.07, 6.45) is -0.653. The van der Waals surface area contributed by atoms with E-state index in [-0.39, 0.29) is 35.4 Å². The number of carbonyl (C=O) groups is 3.